The Morgan fingerprint density at radius 3 is 2.84 bits per heavy atom. The summed E-state index contributed by atoms with van der Waals surface area (Å²) in [6.45, 7) is 3.88. The highest BCUT2D eigenvalue weighted by Crippen LogP contribution is 2.29. The Balaban J connectivity index is 2.37. The molecule has 0 spiro atoms. The smallest absolute Gasteiger partial charge is 0.227 e. The molecule has 19 heavy (non-hydrogen) atoms. The normalized spacial score (nSPS) is 10.5. The number of ether oxygens (including phenoxy) is 1. The van der Waals surface area contributed by atoms with Crippen LogP contribution in [-0.4, -0.2) is 9.97 Å². The van der Waals surface area contributed by atoms with E-state index in [4.69, 9.17) is 16.3 Å². The van der Waals surface area contributed by atoms with Crippen LogP contribution < -0.4 is 4.74 Å². The Bertz CT molecular complexity index is 590. The molecule has 0 unspecified atom stereocenters. The highest BCUT2D eigenvalue weighted by atomic mass is 35.5. The number of aromatic nitrogens is 2. The third-order valence-corrected chi connectivity index (χ3v) is 2.97. The summed E-state index contributed by atoms with van der Waals surface area (Å²) < 4.78 is 19.2. The van der Waals surface area contributed by atoms with Crippen LogP contribution in [0, 0.1) is 12.7 Å². The van der Waals surface area contributed by atoms with E-state index in [1.165, 1.54) is 12.4 Å². The van der Waals surface area contributed by atoms with Gasteiger partial charge >= 0.3 is 0 Å². The average molecular weight is 281 g/mol. The van der Waals surface area contributed by atoms with Crippen molar-refractivity contribution in [2.45, 2.75) is 26.7 Å². The second kappa shape index (κ2) is 5.97. The van der Waals surface area contributed by atoms with E-state index in [2.05, 4.69) is 9.97 Å². The molecule has 100 valence electrons. The summed E-state index contributed by atoms with van der Waals surface area (Å²) in [6, 6.07) is 4.68. The summed E-state index contributed by atoms with van der Waals surface area (Å²) in [5.74, 6) is 0.0289. The quantitative estimate of drug-likeness (QED) is 0.782. The topological polar surface area (TPSA) is 35.0 Å². The largest absolute Gasteiger partial charge is 0.435 e. The van der Waals surface area contributed by atoms with Crippen LogP contribution in [0.3, 0.4) is 0 Å². The first-order valence-corrected chi connectivity index (χ1v) is 6.43. The molecule has 0 saturated carbocycles. The lowest BCUT2D eigenvalue weighted by Crippen LogP contribution is -1.99. The van der Waals surface area contributed by atoms with Crippen LogP contribution >= 0.6 is 11.6 Å². The van der Waals surface area contributed by atoms with Crippen molar-refractivity contribution >= 4 is 11.6 Å². The molecule has 3 nitrogen and oxygen atoms in total. The zero-order valence-electron chi connectivity index (χ0n) is 10.8. The minimum Gasteiger partial charge on any atom is -0.435 e. The molecule has 1 heterocycles. The lowest BCUT2D eigenvalue weighted by atomic mass is 10.2. The van der Waals surface area contributed by atoms with Crippen LogP contribution in [0.15, 0.2) is 24.5 Å². The number of nitrogens with zero attached hydrogens (tertiary/aromatic N) is 2. The molecule has 0 N–H and O–H groups in total. The monoisotopic (exact) mass is 280 g/mol. The second-order valence-corrected chi connectivity index (χ2v) is 4.59. The van der Waals surface area contributed by atoms with E-state index in [9.17, 15) is 4.39 Å². The maximum absolute atomic E-state index is 13.7. The zero-order valence-corrected chi connectivity index (χ0v) is 11.5. The lowest BCUT2D eigenvalue weighted by molar-refractivity contribution is 0.420. The fourth-order valence-corrected chi connectivity index (χ4v) is 1.94. The summed E-state index contributed by atoms with van der Waals surface area (Å²) in [7, 11) is 0. The molecule has 2 aromatic rings. The minimum atomic E-state index is -0.428. The molecule has 1 aromatic heterocycles. The predicted molar refractivity (Wildman–Crippen MR) is 72.2 cm³/mol. The van der Waals surface area contributed by atoms with Gasteiger partial charge < -0.3 is 4.74 Å². The number of aryl methyl sites for hydroxylation is 1. The Hall–Kier alpha value is -1.68. The van der Waals surface area contributed by atoms with Gasteiger partial charge in [-0.3, -0.25) is 0 Å². The van der Waals surface area contributed by atoms with Gasteiger partial charge in [0.25, 0.3) is 0 Å². The molecule has 0 amide bonds. The molecule has 0 aliphatic carbocycles. The third kappa shape index (κ3) is 3.20. The summed E-state index contributed by atoms with van der Waals surface area (Å²) in [4.78, 5) is 7.96. The van der Waals surface area contributed by atoms with Gasteiger partial charge in [-0.15, -0.1) is 0 Å². The molecule has 0 saturated heterocycles. The van der Waals surface area contributed by atoms with E-state index < -0.39 is 5.82 Å². The molecule has 1 aromatic carbocycles. The molecular weight excluding hydrogens is 267 g/mol. The Labute approximate surface area is 116 Å². The van der Waals surface area contributed by atoms with Gasteiger partial charge in [0.1, 0.15) is 11.5 Å². The van der Waals surface area contributed by atoms with Crippen molar-refractivity contribution in [3.63, 3.8) is 0 Å². The maximum Gasteiger partial charge on any atom is 0.227 e. The number of rotatable bonds is 4. The lowest BCUT2D eigenvalue weighted by Gasteiger charge is -2.11. The van der Waals surface area contributed by atoms with Crippen molar-refractivity contribution in [1.29, 1.82) is 0 Å². The van der Waals surface area contributed by atoms with E-state index in [1.807, 2.05) is 13.8 Å². The van der Waals surface area contributed by atoms with Crippen LogP contribution in [0.2, 0.25) is 5.15 Å². The minimum absolute atomic E-state index is 0.145. The van der Waals surface area contributed by atoms with Crippen molar-refractivity contribution in [1.82, 2.24) is 9.97 Å². The summed E-state index contributed by atoms with van der Waals surface area (Å²) >= 11 is 6.02. The fourth-order valence-electron chi connectivity index (χ4n) is 1.72. The van der Waals surface area contributed by atoms with Crippen LogP contribution in [0.5, 0.6) is 11.6 Å². The Kier molecular flexibility index (Phi) is 4.32. The van der Waals surface area contributed by atoms with Gasteiger partial charge in [-0.05, 0) is 31.0 Å². The molecule has 2 rings (SSSR count). The van der Waals surface area contributed by atoms with Gasteiger partial charge in [0, 0.05) is 0 Å². The fraction of sp³-hybridized carbons (Fsp3) is 0.286. The van der Waals surface area contributed by atoms with Crippen LogP contribution in [0.4, 0.5) is 4.39 Å². The van der Waals surface area contributed by atoms with Crippen LogP contribution in [0.25, 0.3) is 0 Å². The van der Waals surface area contributed by atoms with Gasteiger partial charge in [-0.1, -0.05) is 31.0 Å². The first kappa shape index (κ1) is 13.7. The van der Waals surface area contributed by atoms with Crippen LogP contribution in [0.1, 0.15) is 24.5 Å². The third-order valence-electron chi connectivity index (χ3n) is 2.65. The molecular formula is C14H14ClFN2O. The summed E-state index contributed by atoms with van der Waals surface area (Å²) in [5, 5.41) is 0.347. The molecule has 0 radical (unpaired) electrons. The van der Waals surface area contributed by atoms with Gasteiger partial charge in [0.15, 0.2) is 11.6 Å². The van der Waals surface area contributed by atoms with Crippen LogP contribution in [-0.2, 0) is 6.42 Å². The van der Waals surface area contributed by atoms with E-state index in [0.717, 1.165) is 12.0 Å². The highest BCUT2D eigenvalue weighted by molar-refractivity contribution is 6.30. The van der Waals surface area contributed by atoms with Gasteiger partial charge in [-0.25, -0.2) is 14.4 Å². The predicted octanol–water partition coefficient (Wildman–Crippen LogP) is 4.32. The standard InChI is InChI=1S/C14H14ClFN2O/c1-3-4-10-13(15)17-8-18-14(10)19-12-7-9(2)5-6-11(12)16/h5-8H,3-4H2,1-2H3. The number of halogens is 2. The zero-order chi connectivity index (χ0) is 13.8. The maximum atomic E-state index is 13.7. The van der Waals surface area contributed by atoms with Crippen molar-refractivity contribution in [2.75, 3.05) is 0 Å². The van der Waals surface area contributed by atoms with Crippen molar-refractivity contribution in [3.8, 4) is 11.6 Å². The molecule has 0 fully saturated rings. The van der Waals surface area contributed by atoms with E-state index in [-0.39, 0.29) is 5.75 Å². The summed E-state index contributed by atoms with van der Waals surface area (Å²) in [6.07, 6.45) is 2.87. The first-order valence-electron chi connectivity index (χ1n) is 6.05. The Morgan fingerprint density at radius 2 is 2.11 bits per heavy atom. The molecule has 0 bridgehead atoms. The molecule has 5 heteroatoms. The van der Waals surface area contributed by atoms with E-state index >= 15 is 0 Å². The van der Waals surface area contributed by atoms with Gasteiger partial charge in [-0.2, -0.15) is 0 Å². The van der Waals surface area contributed by atoms with Crippen molar-refractivity contribution in [2.24, 2.45) is 0 Å². The highest BCUT2D eigenvalue weighted by Gasteiger charge is 2.13. The average Bonchev–Trinajstić information content (AvgIpc) is 2.38. The van der Waals surface area contributed by atoms with Gasteiger partial charge in [0.2, 0.25) is 5.88 Å². The van der Waals surface area contributed by atoms with E-state index in [1.54, 1.807) is 12.1 Å². The number of hydrogen-bond donors (Lipinski definition) is 0. The number of benzene rings is 1. The van der Waals surface area contributed by atoms with E-state index in [0.29, 0.717) is 23.0 Å². The molecule has 0 aliphatic heterocycles. The van der Waals surface area contributed by atoms with Crippen molar-refractivity contribution in [3.05, 3.63) is 46.6 Å². The number of hydrogen-bond acceptors (Lipinski definition) is 3. The SMILES string of the molecule is CCCc1c(Cl)ncnc1Oc1cc(C)ccc1F. The molecule has 0 aliphatic rings. The Morgan fingerprint density at radius 1 is 1.32 bits per heavy atom. The second-order valence-electron chi connectivity index (χ2n) is 4.23. The first-order chi connectivity index (χ1) is 9.11. The van der Waals surface area contributed by atoms with Crippen molar-refractivity contribution < 1.29 is 9.13 Å². The van der Waals surface area contributed by atoms with Gasteiger partial charge in [0.05, 0.1) is 5.56 Å². The summed E-state index contributed by atoms with van der Waals surface area (Å²) in [5.41, 5.74) is 1.61. The molecule has 0 atom stereocenters.